The minimum atomic E-state index is -0.0391. The van der Waals surface area contributed by atoms with E-state index in [0.29, 0.717) is 13.0 Å². The van der Waals surface area contributed by atoms with Crippen LogP contribution in [0.3, 0.4) is 0 Å². The highest BCUT2D eigenvalue weighted by Crippen LogP contribution is 2.17. The van der Waals surface area contributed by atoms with Crippen molar-refractivity contribution in [3.05, 3.63) is 59.2 Å². The zero-order valence-corrected chi connectivity index (χ0v) is 15.9. The number of hydrogen-bond acceptors (Lipinski definition) is 3. The van der Waals surface area contributed by atoms with E-state index in [2.05, 4.69) is 31.4 Å². The van der Waals surface area contributed by atoms with E-state index in [1.165, 1.54) is 11.1 Å². The van der Waals surface area contributed by atoms with E-state index in [0.717, 1.165) is 30.1 Å². The quantitative estimate of drug-likeness (QED) is 0.738. The number of benzene rings is 2. The van der Waals surface area contributed by atoms with Crippen molar-refractivity contribution in [3.8, 4) is 5.75 Å². The summed E-state index contributed by atoms with van der Waals surface area (Å²) in [5, 5.41) is 6.24. The highest BCUT2D eigenvalue weighted by molar-refractivity contribution is 5.91. The van der Waals surface area contributed by atoms with E-state index < -0.39 is 0 Å². The molecule has 2 aromatic rings. The summed E-state index contributed by atoms with van der Waals surface area (Å²) in [5.74, 6) is 0.765. The third-order valence-electron chi connectivity index (χ3n) is 3.93. The molecule has 2 N–H and O–H groups in total. The van der Waals surface area contributed by atoms with Crippen molar-refractivity contribution < 1.29 is 9.53 Å². The Hall–Kier alpha value is -2.04. The molecule has 136 valence electrons. The van der Waals surface area contributed by atoms with Crippen LogP contribution in [0.25, 0.3) is 0 Å². The first-order valence-corrected chi connectivity index (χ1v) is 8.38. The Labute approximate surface area is 156 Å². The summed E-state index contributed by atoms with van der Waals surface area (Å²) in [4.78, 5) is 12.1. The van der Waals surface area contributed by atoms with Gasteiger partial charge < -0.3 is 15.4 Å². The Morgan fingerprint density at radius 1 is 1.08 bits per heavy atom. The number of nitrogens with one attached hydrogen (secondary N) is 2. The molecule has 0 saturated carbocycles. The van der Waals surface area contributed by atoms with Crippen LogP contribution >= 0.6 is 12.4 Å². The van der Waals surface area contributed by atoms with Crippen molar-refractivity contribution in [2.75, 3.05) is 18.5 Å². The largest absolute Gasteiger partial charge is 0.493 e. The molecule has 0 fully saturated rings. The van der Waals surface area contributed by atoms with Gasteiger partial charge in [0, 0.05) is 12.2 Å². The molecule has 0 aromatic heterocycles. The number of carbonyl (C=O) groups excluding carboxylic acids is 1. The van der Waals surface area contributed by atoms with Gasteiger partial charge in [0.15, 0.2) is 0 Å². The van der Waals surface area contributed by atoms with Crippen molar-refractivity contribution in [3.63, 3.8) is 0 Å². The zero-order valence-electron chi connectivity index (χ0n) is 15.1. The lowest BCUT2D eigenvalue weighted by molar-refractivity contribution is -0.116. The summed E-state index contributed by atoms with van der Waals surface area (Å²) in [6.45, 7) is 8.18. The topological polar surface area (TPSA) is 50.4 Å². The molecule has 0 aliphatic heterocycles. The third-order valence-corrected chi connectivity index (χ3v) is 3.93. The summed E-state index contributed by atoms with van der Waals surface area (Å²) >= 11 is 0. The van der Waals surface area contributed by atoms with Gasteiger partial charge in [0.1, 0.15) is 5.75 Å². The average molecular weight is 363 g/mol. The van der Waals surface area contributed by atoms with E-state index in [9.17, 15) is 4.79 Å². The van der Waals surface area contributed by atoms with Gasteiger partial charge in [0.05, 0.1) is 13.0 Å². The van der Waals surface area contributed by atoms with Gasteiger partial charge in [-0.2, -0.15) is 0 Å². The van der Waals surface area contributed by atoms with Crippen molar-refractivity contribution in [2.24, 2.45) is 0 Å². The molecule has 2 aromatic carbocycles. The summed E-state index contributed by atoms with van der Waals surface area (Å²) in [6, 6.07) is 13.8. The van der Waals surface area contributed by atoms with Crippen LogP contribution in [-0.4, -0.2) is 19.1 Å². The molecule has 0 aliphatic carbocycles. The van der Waals surface area contributed by atoms with Crippen LogP contribution in [0.1, 0.15) is 30.0 Å². The summed E-state index contributed by atoms with van der Waals surface area (Å²) in [7, 11) is 0. The first-order chi connectivity index (χ1) is 11.6. The van der Waals surface area contributed by atoms with E-state index in [-0.39, 0.29) is 18.3 Å². The van der Waals surface area contributed by atoms with Crippen molar-refractivity contribution in [1.29, 1.82) is 0 Å². The highest BCUT2D eigenvalue weighted by Gasteiger charge is 2.07. The van der Waals surface area contributed by atoms with Crippen LogP contribution in [0.15, 0.2) is 42.5 Å². The lowest BCUT2D eigenvalue weighted by atomic mass is 10.1. The maximum Gasteiger partial charge on any atom is 0.227 e. The Morgan fingerprint density at radius 2 is 1.84 bits per heavy atom. The molecule has 0 aliphatic rings. The van der Waals surface area contributed by atoms with Crippen LogP contribution in [0.4, 0.5) is 5.69 Å². The van der Waals surface area contributed by atoms with Gasteiger partial charge in [-0.15, -0.1) is 12.4 Å². The number of carbonyl (C=O) groups is 1. The second-order valence-electron chi connectivity index (χ2n) is 5.83. The monoisotopic (exact) mass is 362 g/mol. The molecule has 0 bridgehead atoms. The number of hydrogen-bond donors (Lipinski definition) is 2. The van der Waals surface area contributed by atoms with Gasteiger partial charge in [-0.05, 0) is 55.3 Å². The van der Waals surface area contributed by atoms with Gasteiger partial charge in [0.2, 0.25) is 5.91 Å². The molecule has 0 atom stereocenters. The van der Waals surface area contributed by atoms with Crippen molar-refractivity contribution in [1.82, 2.24) is 5.32 Å². The minimum absolute atomic E-state index is 0. The molecule has 1 amide bonds. The van der Waals surface area contributed by atoms with E-state index in [1.54, 1.807) is 0 Å². The van der Waals surface area contributed by atoms with Crippen molar-refractivity contribution in [2.45, 2.75) is 33.7 Å². The Balaban J connectivity index is 0.00000312. The number of halogens is 1. The van der Waals surface area contributed by atoms with E-state index >= 15 is 0 Å². The minimum Gasteiger partial charge on any atom is -0.493 e. The molecule has 2 rings (SSSR count). The van der Waals surface area contributed by atoms with E-state index in [1.807, 2.05) is 42.5 Å². The molecule has 5 heteroatoms. The fourth-order valence-electron chi connectivity index (χ4n) is 2.33. The molecule has 0 radical (unpaired) electrons. The zero-order chi connectivity index (χ0) is 17.4. The summed E-state index contributed by atoms with van der Waals surface area (Å²) in [6.07, 6.45) is 0.322. The number of ether oxygens (including phenoxy) is 1. The molecular weight excluding hydrogens is 336 g/mol. The van der Waals surface area contributed by atoms with E-state index in [4.69, 9.17) is 4.74 Å². The van der Waals surface area contributed by atoms with Crippen LogP contribution in [-0.2, 0) is 11.3 Å². The first kappa shape index (κ1) is 21.0. The number of amides is 1. The highest BCUT2D eigenvalue weighted by atomic mass is 35.5. The predicted octanol–water partition coefficient (Wildman–Crippen LogP) is 4.24. The molecular formula is C20H27ClN2O2. The van der Waals surface area contributed by atoms with Gasteiger partial charge in [-0.25, -0.2) is 0 Å². The lowest BCUT2D eigenvalue weighted by Crippen LogP contribution is -2.18. The molecule has 0 saturated heterocycles. The number of aryl methyl sites for hydroxylation is 2. The number of para-hydroxylation sites is 1. The van der Waals surface area contributed by atoms with Gasteiger partial charge in [0.25, 0.3) is 0 Å². The summed E-state index contributed by atoms with van der Waals surface area (Å²) in [5.41, 5.74) is 4.36. The normalized spacial score (nSPS) is 10.0. The Morgan fingerprint density at radius 3 is 2.56 bits per heavy atom. The predicted molar refractivity (Wildman–Crippen MR) is 106 cm³/mol. The second kappa shape index (κ2) is 10.7. The van der Waals surface area contributed by atoms with Crippen LogP contribution in [0.5, 0.6) is 5.75 Å². The molecule has 0 spiro atoms. The van der Waals surface area contributed by atoms with Crippen LogP contribution in [0, 0.1) is 13.8 Å². The molecule has 0 heterocycles. The first-order valence-electron chi connectivity index (χ1n) is 8.38. The fourth-order valence-corrected chi connectivity index (χ4v) is 2.33. The van der Waals surface area contributed by atoms with Crippen LogP contribution in [0.2, 0.25) is 0 Å². The average Bonchev–Trinajstić information content (AvgIpc) is 2.57. The molecule has 4 nitrogen and oxygen atoms in total. The van der Waals surface area contributed by atoms with Gasteiger partial charge >= 0.3 is 0 Å². The lowest BCUT2D eigenvalue weighted by Gasteiger charge is -2.12. The standard InChI is InChI=1S/C20H26N2O2.ClH/c1-4-21-14-17-7-5-6-8-19(17)22-20(23)11-12-24-18-10-9-15(2)16(3)13-18;/h5-10,13,21H,4,11-12,14H2,1-3H3,(H,22,23);1H. The smallest absolute Gasteiger partial charge is 0.227 e. The summed E-state index contributed by atoms with van der Waals surface area (Å²) < 4.78 is 5.67. The second-order valence-corrected chi connectivity index (χ2v) is 5.83. The van der Waals surface area contributed by atoms with Crippen molar-refractivity contribution >= 4 is 24.0 Å². The Bertz CT molecular complexity index is 689. The van der Waals surface area contributed by atoms with Gasteiger partial charge in [-0.3, -0.25) is 4.79 Å². The van der Waals surface area contributed by atoms with Gasteiger partial charge in [-0.1, -0.05) is 31.2 Å². The fraction of sp³-hybridized carbons (Fsp3) is 0.350. The SMILES string of the molecule is CCNCc1ccccc1NC(=O)CCOc1ccc(C)c(C)c1.Cl. The number of anilines is 1. The molecule has 0 unspecified atom stereocenters. The number of rotatable bonds is 8. The molecule has 25 heavy (non-hydrogen) atoms. The maximum absolute atomic E-state index is 12.1. The maximum atomic E-state index is 12.1. The van der Waals surface area contributed by atoms with Crippen LogP contribution < -0.4 is 15.4 Å². The Kier molecular flexibility index (Phi) is 9.03. The third kappa shape index (κ3) is 6.77.